The average Bonchev–Trinajstić information content (AvgIpc) is 2.85. The molecule has 0 amide bonds. The van der Waals surface area contributed by atoms with Crippen LogP contribution >= 0.6 is 0 Å². The standard InChI is InChI=1S/C16H22O5/c1-7-4-12-14(10(6-20-3)16(19)21-12)15(18)9-5-11(17)8(2)13(7)9/h7,9-10,12,14-15,18H,4-6H2,1-3H3/t7-,9+,10-,12+,14-,15+/m0/s1. The summed E-state index contributed by atoms with van der Waals surface area (Å²) in [5.74, 6) is -0.894. The molecule has 6 atom stereocenters. The average molecular weight is 294 g/mol. The van der Waals surface area contributed by atoms with E-state index in [1.54, 1.807) is 7.11 Å². The van der Waals surface area contributed by atoms with Gasteiger partial charge in [-0.2, -0.15) is 0 Å². The van der Waals surface area contributed by atoms with Gasteiger partial charge in [0.05, 0.1) is 18.6 Å². The molecule has 0 radical (unpaired) electrons. The molecule has 5 heteroatoms. The molecule has 0 spiro atoms. The third-order valence-electron chi connectivity index (χ3n) is 5.39. The van der Waals surface area contributed by atoms with Gasteiger partial charge in [-0.25, -0.2) is 0 Å². The maximum Gasteiger partial charge on any atom is 0.312 e. The Morgan fingerprint density at radius 1 is 1.38 bits per heavy atom. The molecule has 1 heterocycles. The SMILES string of the molecule is COC[C@@H]1C(=O)O[C@@H]2C[C@H](C)C3=C(C)C(=O)C[C@H]3[C@@H](O)[C@@H]12. The van der Waals surface area contributed by atoms with Gasteiger partial charge in [0.25, 0.3) is 0 Å². The molecule has 1 aliphatic heterocycles. The monoisotopic (exact) mass is 294 g/mol. The van der Waals surface area contributed by atoms with Crippen molar-refractivity contribution in [2.75, 3.05) is 13.7 Å². The van der Waals surface area contributed by atoms with Crippen molar-refractivity contribution < 1.29 is 24.2 Å². The Morgan fingerprint density at radius 2 is 2.10 bits per heavy atom. The van der Waals surface area contributed by atoms with Gasteiger partial charge in [-0.1, -0.05) is 12.5 Å². The minimum absolute atomic E-state index is 0.118. The summed E-state index contributed by atoms with van der Waals surface area (Å²) in [6, 6.07) is 0. The highest BCUT2D eigenvalue weighted by atomic mass is 16.6. The van der Waals surface area contributed by atoms with Crippen LogP contribution in [0.2, 0.25) is 0 Å². The number of allylic oxidation sites excluding steroid dienone is 1. The van der Waals surface area contributed by atoms with Crippen LogP contribution in [0.15, 0.2) is 11.1 Å². The molecule has 3 rings (SSSR count). The summed E-state index contributed by atoms with van der Waals surface area (Å²) in [5, 5.41) is 10.8. The molecular formula is C16H22O5. The molecule has 1 N–H and O–H groups in total. The van der Waals surface area contributed by atoms with Crippen molar-refractivity contribution >= 4 is 11.8 Å². The van der Waals surface area contributed by atoms with Crippen molar-refractivity contribution in [1.82, 2.24) is 0 Å². The van der Waals surface area contributed by atoms with Crippen LogP contribution in [-0.4, -0.2) is 42.8 Å². The highest BCUT2D eigenvalue weighted by molar-refractivity contribution is 5.98. The summed E-state index contributed by atoms with van der Waals surface area (Å²) in [6.45, 7) is 4.15. The van der Waals surface area contributed by atoms with E-state index < -0.39 is 12.0 Å². The molecule has 0 bridgehead atoms. The fourth-order valence-electron chi connectivity index (χ4n) is 4.44. The Bertz CT molecular complexity index is 509. The van der Waals surface area contributed by atoms with E-state index in [-0.39, 0.29) is 42.2 Å². The molecule has 0 unspecified atom stereocenters. The van der Waals surface area contributed by atoms with Crippen LogP contribution in [0.4, 0.5) is 0 Å². The molecule has 0 aromatic rings. The van der Waals surface area contributed by atoms with Crippen LogP contribution < -0.4 is 0 Å². The summed E-state index contributed by atoms with van der Waals surface area (Å²) < 4.78 is 10.6. The molecule has 1 saturated carbocycles. The van der Waals surface area contributed by atoms with E-state index >= 15 is 0 Å². The summed E-state index contributed by atoms with van der Waals surface area (Å²) in [4.78, 5) is 24.0. The number of methoxy groups -OCH3 is 1. The molecule has 0 aromatic heterocycles. The molecule has 5 nitrogen and oxygen atoms in total. The number of Topliss-reactive ketones (excluding diaryl/α,β-unsaturated/α-hetero) is 1. The number of hydrogen-bond donors (Lipinski definition) is 1. The summed E-state index contributed by atoms with van der Waals surface area (Å²) in [6.07, 6.45) is 0.0279. The lowest BCUT2D eigenvalue weighted by atomic mass is 9.80. The topological polar surface area (TPSA) is 72.8 Å². The minimum atomic E-state index is -0.719. The van der Waals surface area contributed by atoms with Gasteiger partial charge in [-0.05, 0) is 24.8 Å². The number of fused-ring (bicyclic) bond motifs is 2. The van der Waals surface area contributed by atoms with E-state index in [4.69, 9.17) is 9.47 Å². The molecule has 2 aliphatic carbocycles. The van der Waals surface area contributed by atoms with Crippen molar-refractivity contribution in [3.63, 3.8) is 0 Å². The van der Waals surface area contributed by atoms with Crippen LogP contribution in [0, 0.1) is 23.7 Å². The number of ether oxygens (including phenoxy) is 2. The quantitative estimate of drug-likeness (QED) is 0.772. The fraction of sp³-hybridized carbons (Fsp3) is 0.750. The van der Waals surface area contributed by atoms with Gasteiger partial charge in [0, 0.05) is 25.4 Å². The molecule has 21 heavy (non-hydrogen) atoms. The first kappa shape index (κ1) is 14.7. The first-order chi connectivity index (χ1) is 9.95. The second kappa shape index (κ2) is 5.21. The number of hydrogen-bond acceptors (Lipinski definition) is 5. The first-order valence-corrected chi connectivity index (χ1v) is 7.57. The highest BCUT2D eigenvalue weighted by Gasteiger charge is 2.54. The van der Waals surface area contributed by atoms with Crippen molar-refractivity contribution in [3.05, 3.63) is 11.1 Å². The lowest BCUT2D eigenvalue weighted by molar-refractivity contribution is -0.145. The zero-order chi connectivity index (χ0) is 15.3. The summed E-state index contributed by atoms with van der Waals surface area (Å²) in [5.41, 5.74) is 1.86. The number of aliphatic hydroxyl groups is 1. The largest absolute Gasteiger partial charge is 0.462 e. The van der Waals surface area contributed by atoms with Crippen LogP contribution in [0.25, 0.3) is 0 Å². The smallest absolute Gasteiger partial charge is 0.312 e. The molecule has 0 aromatic carbocycles. The Hall–Kier alpha value is -1.20. The lowest BCUT2D eigenvalue weighted by Crippen LogP contribution is -2.38. The van der Waals surface area contributed by atoms with Crippen LogP contribution in [-0.2, 0) is 19.1 Å². The molecule has 3 aliphatic rings. The van der Waals surface area contributed by atoms with Gasteiger partial charge in [0.1, 0.15) is 6.10 Å². The minimum Gasteiger partial charge on any atom is -0.462 e. The van der Waals surface area contributed by atoms with Crippen LogP contribution in [0.1, 0.15) is 26.7 Å². The number of rotatable bonds is 2. The third-order valence-corrected chi connectivity index (χ3v) is 5.39. The Labute approximate surface area is 124 Å². The molecule has 2 fully saturated rings. The number of ketones is 1. The summed E-state index contributed by atoms with van der Waals surface area (Å²) in [7, 11) is 1.54. The van der Waals surface area contributed by atoms with Crippen LogP contribution in [0.3, 0.4) is 0 Å². The van der Waals surface area contributed by atoms with Crippen LogP contribution in [0.5, 0.6) is 0 Å². The maximum atomic E-state index is 12.0. The van der Waals surface area contributed by atoms with Gasteiger partial charge in [0.2, 0.25) is 0 Å². The van der Waals surface area contributed by atoms with Gasteiger partial charge >= 0.3 is 5.97 Å². The highest BCUT2D eigenvalue weighted by Crippen LogP contribution is 2.48. The number of aliphatic hydroxyl groups excluding tert-OH is 1. The number of carbonyl (C=O) groups is 2. The van der Waals surface area contributed by atoms with Gasteiger partial charge in [0.15, 0.2) is 5.78 Å². The van der Waals surface area contributed by atoms with Gasteiger partial charge < -0.3 is 14.6 Å². The van der Waals surface area contributed by atoms with Gasteiger partial charge in [-0.15, -0.1) is 0 Å². The Morgan fingerprint density at radius 3 is 2.76 bits per heavy atom. The van der Waals surface area contributed by atoms with E-state index in [2.05, 4.69) is 6.92 Å². The predicted molar refractivity (Wildman–Crippen MR) is 74.3 cm³/mol. The lowest BCUT2D eigenvalue weighted by Gasteiger charge is -2.27. The zero-order valence-electron chi connectivity index (χ0n) is 12.7. The fourth-order valence-corrected chi connectivity index (χ4v) is 4.44. The second-order valence-corrected chi connectivity index (χ2v) is 6.56. The van der Waals surface area contributed by atoms with E-state index in [1.165, 1.54) is 0 Å². The zero-order valence-corrected chi connectivity index (χ0v) is 12.7. The van der Waals surface area contributed by atoms with Crippen molar-refractivity contribution in [2.45, 2.75) is 38.9 Å². The van der Waals surface area contributed by atoms with Crippen molar-refractivity contribution in [3.8, 4) is 0 Å². The molecule has 116 valence electrons. The van der Waals surface area contributed by atoms with Gasteiger partial charge in [-0.3, -0.25) is 9.59 Å². The third kappa shape index (κ3) is 2.14. The first-order valence-electron chi connectivity index (χ1n) is 7.57. The number of esters is 1. The molecular weight excluding hydrogens is 272 g/mol. The van der Waals surface area contributed by atoms with E-state index in [1.807, 2.05) is 6.92 Å². The van der Waals surface area contributed by atoms with Crippen molar-refractivity contribution in [1.29, 1.82) is 0 Å². The number of carbonyl (C=O) groups excluding carboxylic acids is 2. The second-order valence-electron chi connectivity index (χ2n) is 6.56. The Kier molecular flexibility index (Phi) is 3.66. The van der Waals surface area contributed by atoms with E-state index in [0.717, 1.165) is 11.1 Å². The normalized spacial score (nSPS) is 42.7. The maximum absolute atomic E-state index is 12.0. The predicted octanol–water partition coefficient (Wildman–Crippen LogP) is 1.10. The van der Waals surface area contributed by atoms with Crippen molar-refractivity contribution in [2.24, 2.45) is 23.7 Å². The Balaban J connectivity index is 1.98. The molecule has 1 saturated heterocycles. The van der Waals surface area contributed by atoms with E-state index in [9.17, 15) is 14.7 Å². The van der Waals surface area contributed by atoms with E-state index in [0.29, 0.717) is 12.8 Å². The summed E-state index contributed by atoms with van der Waals surface area (Å²) >= 11 is 0.